The molecule has 1 aromatic heterocycles. The van der Waals surface area contributed by atoms with Crippen molar-refractivity contribution in [3.05, 3.63) is 52.0 Å². The van der Waals surface area contributed by atoms with Crippen LogP contribution in [0.25, 0.3) is 16.7 Å². The van der Waals surface area contributed by atoms with Crippen LogP contribution >= 0.6 is 23.2 Å². The number of nitrogens with zero attached hydrogens (tertiary/aromatic N) is 4. The number of halogens is 2. The summed E-state index contributed by atoms with van der Waals surface area (Å²) in [6.07, 6.45) is 2.35. The third kappa shape index (κ3) is 4.90. The van der Waals surface area contributed by atoms with E-state index in [0.717, 1.165) is 41.9 Å². The molecule has 3 aromatic rings. The second-order valence-electron chi connectivity index (χ2n) is 9.58. The molecule has 8 nitrogen and oxygen atoms in total. The van der Waals surface area contributed by atoms with Crippen molar-refractivity contribution in [1.29, 1.82) is 0 Å². The number of nitrogens with one attached hydrogen (secondary N) is 1. The summed E-state index contributed by atoms with van der Waals surface area (Å²) in [7, 11) is 3.46. The van der Waals surface area contributed by atoms with E-state index in [9.17, 15) is 9.59 Å². The Morgan fingerprint density at radius 2 is 1.75 bits per heavy atom. The van der Waals surface area contributed by atoms with Crippen LogP contribution in [0.15, 0.2) is 36.4 Å². The van der Waals surface area contributed by atoms with Crippen LogP contribution < -0.4 is 10.2 Å². The van der Waals surface area contributed by atoms with E-state index in [-0.39, 0.29) is 23.8 Å². The Balaban J connectivity index is 1.43. The van der Waals surface area contributed by atoms with Crippen LogP contribution in [0.3, 0.4) is 0 Å². The number of anilines is 1. The van der Waals surface area contributed by atoms with Crippen LogP contribution in [0.2, 0.25) is 10.0 Å². The molecule has 10 heteroatoms. The molecule has 2 aliphatic rings. The highest BCUT2D eigenvalue weighted by atomic mass is 35.5. The van der Waals surface area contributed by atoms with Gasteiger partial charge in [-0.15, -0.1) is 0 Å². The first-order valence-electron chi connectivity index (χ1n) is 12.1. The maximum atomic E-state index is 12.8. The summed E-state index contributed by atoms with van der Waals surface area (Å²) in [5.41, 5.74) is 3.03. The Morgan fingerprint density at radius 1 is 1.06 bits per heavy atom. The Bertz CT molecular complexity index is 1280. The van der Waals surface area contributed by atoms with Gasteiger partial charge in [-0.3, -0.25) is 14.2 Å². The lowest BCUT2D eigenvalue weighted by molar-refractivity contribution is -0.126. The number of ether oxygens (including phenoxy) is 1. The predicted molar refractivity (Wildman–Crippen MR) is 141 cm³/mol. The normalized spacial score (nSPS) is 18.6. The fourth-order valence-electron chi connectivity index (χ4n) is 4.85. The quantitative estimate of drug-likeness (QED) is 0.536. The maximum Gasteiger partial charge on any atom is 0.253 e. The fourth-order valence-corrected chi connectivity index (χ4v) is 5.16. The predicted octanol–water partition coefficient (Wildman–Crippen LogP) is 4.16. The second kappa shape index (κ2) is 10.3. The summed E-state index contributed by atoms with van der Waals surface area (Å²) in [5, 5.41) is 4.02. The van der Waals surface area contributed by atoms with Gasteiger partial charge in [-0.2, -0.15) is 0 Å². The summed E-state index contributed by atoms with van der Waals surface area (Å²) >= 11 is 12.7. The van der Waals surface area contributed by atoms with Crippen LogP contribution in [0.4, 0.5) is 5.95 Å². The summed E-state index contributed by atoms with van der Waals surface area (Å²) in [6, 6.07) is 11.2. The van der Waals surface area contributed by atoms with Crippen molar-refractivity contribution in [1.82, 2.24) is 19.8 Å². The van der Waals surface area contributed by atoms with Gasteiger partial charge in [0.05, 0.1) is 33.7 Å². The second-order valence-corrected chi connectivity index (χ2v) is 10.4. The Kier molecular flexibility index (Phi) is 7.10. The van der Waals surface area contributed by atoms with Gasteiger partial charge in [-0.05, 0) is 55.7 Å². The lowest BCUT2D eigenvalue weighted by Gasteiger charge is -2.32. The van der Waals surface area contributed by atoms with E-state index in [1.807, 2.05) is 34.9 Å². The van der Waals surface area contributed by atoms with Gasteiger partial charge in [0.25, 0.3) is 5.91 Å². The van der Waals surface area contributed by atoms with Crippen LogP contribution in [-0.4, -0.2) is 72.7 Å². The summed E-state index contributed by atoms with van der Waals surface area (Å²) in [5.74, 6) is 0.785. The van der Waals surface area contributed by atoms with Crippen molar-refractivity contribution in [2.24, 2.45) is 5.92 Å². The number of hydrogen-bond donors (Lipinski definition) is 1. The molecule has 5 rings (SSSR count). The molecule has 2 aromatic carbocycles. The van der Waals surface area contributed by atoms with Crippen molar-refractivity contribution in [3.8, 4) is 5.69 Å². The average molecular weight is 530 g/mol. The smallest absolute Gasteiger partial charge is 0.253 e. The first-order chi connectivity index (χ1) is 17.3. The number of imidazole rings is 1. The van der Waals surface area contributed by atoms with Crippen LogP contribution in [0.1, 0.15) is 29.6 Å². The molecule has 1 unspecified atom stereocenters. The Hall–Kier alpha value is -2.81. The molecule has 0 spiro atoms. The van der Waals surface area contributed by atoms with Crippen molar-refractivity contribution < 1.29 is 14.3 Å². The van der Waals surface area contributed by atoms with Gasteiger partial charge in [0.15, 0.2) is 0 Å². The minimum atomic E-state index is -0.0587. The van der Waals surface area contributed by atoms with Crippen LogP contribution in [-0.2, 0) is 9.53 Å². The zero-order valence-corrected chi connectivity index (χ0v) is 21.8. The number of amides is 2. The molecule has 3 heterocycles. The molecule has 2 amide bonds. The highest BCUT2D eigenvalue weighted by Crippen LogP contribution is 2.34. The van der Waals surface area contributed by atoms with Crippen molar-refractivity contribution in [2.45, 2.75) is 25.3 Å². The first-order valence-corrected chi connectivity index (χ1v) is 12.9. The van der Waals surface area contributed by atoms with E-state index in [1.54, 1.807) is 25.1 Å². The number of carbonyl (C=O) groups is 2. The lowest BCUT2D eigenvalue weighted by atomic mass is 9.95. The third-order valence-corrected chi connectivity index (χ3v) is 7.60. The first kappa shape index (κ1) is 24.9. The molecule has 2 saturated heterocycles. The topological polar surface area (TPSA) is 79.7 Å². The molecule has 36 heavy (non-hydrogen) atoms. The Morgan fingerprint density at radius 3 is 2.39 bits per heavy atom. The molecule has 2 fully saturated rings. The van der Waals surface area contributed by atoms with E-state index in [0.29, 0.717) is 41.9 Å². The molecule has 1 N–H and O–H groups in total. The molecule has 0 radical (unpaired) electrons. The number of fused-ring (bicyclic) bond motifs is 1. The minimum Gasteiger partial charge on any atom is -0.379 e. The molecule has 0 aliphatic carbocycles. The van der Waals surface area contributed by atoms with E-state index in [1.165, 1.54) is 0 Å². The van der Waals surface area contributed by atoms with Gasteiger partial charge in [0.1, 0.15) is 0 Å². The molecule has 1 atom stereocenters. The van der Waals surface area contributed by atoms with Gasteiger partial charge in [-0.1, -0.05) is 23.2 Å². The Labute approximate surface area is 220 Å². The monoisotopic (exact) mass is 529 g/mol. The van der Waals surface area contributed by atoms with E-state index >= 15 is 0 Å². The molecular formula is C26H29Cl2N5O3. The van der Waals surface area contributed by atoms with E-state index in [2.05, 4.69) is 10.2 Å². The van der Waals surface area contributed by atoms with Crippen molar-refractivity contribution >= 4 is 52.0 Å². The van der Waals surface area contributed by atoms with Crippen molar-refractivity contribution in [3.63, 3.8) is 0 Å². The fraction of sp³-hybridized carbons (Fsp3) is 0.423. The zero-order valence-electron chi connectivity index (χ0n) is 20.3. The van der Waals surface area contributed by atoms with E-state index < -0.39 is 0 Å². The largest absolute Gasteiger partial charge is 0.379 e. The third-order valence-electron chi connectivity index (χ3n) is 6.88. The number of aromatic nitrogens is 2. The zero-order chi connectivity index (χ0) is 25.4. The highest BCUT2D eigenvalue weighted by Gasteiger charge is 2.30. The number of hydrogen-bond acceptors (Lipinski definition) is 5. The summed E-state index contributed by atoms with van der Waals surface area (Å²) in [4.78, 5) is 33.8. The number of carbonyl (C=O) groups excluding carboxylic acids is 2. The molecular weight excluding hydrogens is 501 g/mol. The molecule has 2 aliphatic heterocycles. The number of benzene rings is 2. The van der Waals surface area contributed by atoms with Crippen LogP contribution in [0, 0.1) is 5.92 Å². The van der Waals surface area contributed by atoms with Crippen LogP contribution in [0.5, 0.6) is 0 Å². The average Bonchev–Trinajstić information content (AvgIpc) is 3.52. The summed E-state index contributed by atoms with van der Waals surface area (Å²) < 4.78 is 7.42. The molecule has 0 saturated carbocycles. The maximum absolute atomic E-state index is 12.8. The lowest BCUT2D eigenvalue weighted by Crippen LogP contribution is -2.44. The van der Waals surface area contributed by atoms with Gasteiger partial charge in [0.2, 0.25) is 11.9 Å². The van der Waals surface area contributed by atoms with E-state index in [4.69, 9.17) is 32.9 Å². The molecule has 0 bridgehead atoms. The van der Waals surface area contributed by atoms with Gasteiger partial charge in [0, 0.05) is 51.0 Å². The number of piperidine rings is 1. The highest BCUT2D eigenvalue weighted by molar-refractivity contribution is 6.42. The SMILES string of the molecule is CN(C)C(=O)c1ccc(-n2c(N3CCC(C(=O)NC4CCOC4)CC3)nc3cc(Cl)c(Cl)cc32)cc1. The minimum absolute atomic E-state index is 0.0279. The standard InChI is InChI=1S/C26H29Cl2N5O3/c1-31(2)25(35)17-3-5-19(6-4-17)33-23-14-21(28)20(27)13-22(23)30-26(33)32-10-7-16(8-11-32)24(34)29-18-9-12-36-15-18/h3-6,13-14,16,18H,7-12,15H2,1-2H3,(H,29,34). The number of rotatable bonds is 5. The van der Waals surface area contributed by atoms with Gasteiger partial charge >= 0.3 is 0 Å². The van der Waals surface area contributed by atoms with Crippen molar-refractivity contribution in [2.75, 3.05) is 45.3 Å². The summed E-state index contributed by atoms with van der Waals surface area (Å²) in [6.45, 7) is 2.69. The molecule has 190 valence electrons. The van der Waals surface area contributed by atoms with Gasteiger partial charge < -0.3 is 19.9 Å². The van der Waals surface area contributed by atoms with Gasteiger partial charge in [-0.25, -0.2) is 4.98 Å².